The highest BCUT2D eigenvalue weighted by Crippen LogP contribution is 2.66. The lowest BCUT2D eigenvalue weighted by molar-refractivity contribution is -0.0247. The molecule has 0 aromatic carbocycles. The van der Waals surface area contributed by atoms with Crippen LogP contribution in [0.1, 0.15) is 24.4 Å². The summed E-state index contributed by atoms with van der Waals surface area (Å²) in [6, 6.07) is 0. The molecule has 6 atom stereocenters. The van der Waals surface area contributed by atoms with E-state index in [1.165, 1.54) is 14.0 Å². The van der Waals surface area contributed by atoms with Gasteiger partial charge in [-0.2, -0.15) is 8.62 Å². The molecule has 2 rings (SSSR count). The van der Waals surface area contributed by atoms with E-state index in [4.69, 9.17) is 24.2 Å². The van der Waals surface area contributed by atoms with Crippen LogP contribution in [0.2, 0.25) is 0 Å². The molecule has 0 radical (unpaired) electrons. The van der Waals surface area contributed by atoms with Crippen molar-refractivity contribution in [2.75, 3.05) is 13.7 Å². The SMILES string of the molecule is CC#Cc1[nH]c(=O)cnc1[C@@H]1O[C@H](COP(=O)(O)OP(=O)(O)OP(=O)(O)O)C(O)[C@@H]1OC. The van der Waals surface area contributed by atoms with Gasteiger partial charge in [0.05, 0.1) is 12.8 Å². The number of nitrogens with zero attached hydrogens (tertiary/aromatic N) is 1. The summed E-state index contributed by atoms with van der Waals surface area (Å²) in [6.07, 6.45) is -4.12. The third-order valence-corrected chi connectivity index (χ3v) is 7.57. The number of aliphatic hydroxyl groups is 1. The maximum Gasteiger partial charge on any atom is 0.490 e. The Kier molecular flexibility index (Phi) is 8.71. The first kappa shape index (κ1) is 27.0. The van der Waals surface area contributed by atoms with Gasteiger partial charge in [0.2, 0.25) is 0 Å². The zero-order valence-corrected chi connectivity index (χ0v) is 19.0. The Morgan fingerprint density at radius 3 is 2.41 bits per heavy atom. The Hall–Kier alpha value is -1.27. The number of phosphoric acid groups is 3. The van der Waals surface area contributed by atoms with Gasteiger partial charge in [0, 0.05) is 7.11 Å². The summed E-state index contributed by atoms with van der Waals surface area (Å²) in [5.74, 6) is 5.18. The van der Waals surface area contributed by atoms with E-state index in [0.29, 0.717) is 0 Å². The quantitative estimate of drug-likeness (QED) is 0.174. The van der Waals surface area contributed by atoms with Gasteiger partial charge < -0.3 is 39.1 Å². The summed E-state index contributed by atoms with van der Waals surface area (Å²) < 4.78 is 56.3. The molecule has 180 valence electrons. The maximum atomic E-state index is 11.9. The van der Waals surface area contributed by atoms with Crippen molar-refractivity contribution in [2.24, 2.45) is 0 Å². The van der Waals surface area contributed by atoms with Crippen LogP contribution in [0, 0.1) is 11.8 Å². The summed E-state index contributed by atoms with van der Waals surface area (Å²) in [6.45, 7) is 0.595. The van der Waals surface area contributed by atoms with Crippen molar-refractivity contribution in [3.8, 4) is 11.8 Å². The number of aromatic nitrogens is 2. The van der Waals surface area contributed by atoms with Crippen LogP contribution in [0.25, 0.3) is 0 Å². The average molecular weight is 520 g/mol. The summed E-state index contributed by atoms with van der Waals surface area (Å²) >= 11 is 0. The van der Waals surface area contributed by atoms with Crippen LogP contribution in [0.3, 0.4) is 0 Å². The molecule has 0 spiro atoms. The minimum atomic E-state index is -5.70. The Labute approximate surface area is 179 Å². The fourth-order valence-corrected chi connectivity index (χ4v) is 5.71. The van der Waals surface area contributed by atoms with Gasteiger partial charge in [-0.1, -0.05) is 5.92 Å². The first-order valence-electron chi connectivity index (χ1n) is 8.34. The number of hydrogen-bond donors (Lipinski definition) is 6. The van der Waals surface area contributed by atoms with Crippen LogP contribution < -0.4 is 5.56 Å². The second kappa shape index (κ2) is 10.3. The summed E-state index contributed by atoms with van der Waals surface area (Å²) in [7, 11) is -15.4. The molecule has 1 saturated heterocycles. The minimum Gasteiger partial charge on any atom is -0.387 e. The van der Waals surface area contributed by atoms with Gasteiger partial charge in [-0.3, -0.25) is 9.32 Å². The number of methoxy groups -OCH3 is 1. The molecule has 6 N–H and O–H groups in total. The smallest absolute Gasteiger partial charge is 0.387 e. The Balaban J connectivity index is 2.17. The van der Waals surface area contributed by atoms with Crippen molar-refractivity contribution in [1.82, 2.24) is 9.97 Å². The maximum absolute atomic E-state index is 11.9. The molecule has 1 fully saturated rings. The zero-order valence-electron chi connectivity index (χ0n) is 16.3. The molecule has 2 heterocycles. The molecule has 0 saturated carbocycles. The van der Waals surface area contributed by atoms with Crippen LogP contribution >= 0.6 is 23.5 Å². The third-order valence-electron chi connectivity index (χ3n) is 3.77. The van der Waals surface area contributed by atoms with Crippen LogP contribution in [0.15, 0.2) is 11.0 Å². The van der Waals surface area contributed by atoms with E-state index in [1.807, 2.05) is 0 Å². The lowest BCUT2D eigenvalue weighted by Crippen LogP contribution is -2.34. The predicted octanol–water partition coefficient (Wildman–Crippen LogP) is -0.700. The van der Waals surface area contributed by atoms with E-state index in [0.717, 1.165) is 6.20 Å². The number of phosphoric ester groups is 1. The van der Waals surface area contributed by atoms with Gasteiger partial charge in [0.1, 0.15) is 35.8 Å². The minimum absolute atomic E-state index is 0.0767. The lowest BCUT2D eigenvalue weighted by atomic mass is 10.0. The van der Waals surface area contributed by atoms with Crippen molar-refractivity contribution in [2.45, 2.75) is 31.3 Å². The highest BCUT2D eigenvalue weighted by atomic mass is 31.3. The van der Waals surface area contributed by atoms with Crippen LogP contribution in [0.5, 0.6) is 0 Å². The summed E-state index contributed by atoms with van der Waals surface area (Å²) in [5, 5.41) is 10.4. The van der Waals surface area contributed by atoms with Gasteiger partial charge in [-0.25, -0.2) is 18.7 Å². The number of hydrogen-bond acceptors (Lipinski definition) is 11. The Bertz CT molecular complexity index is 1090. The van der Waals surface area contributed by atoms with Crippen molar-refractivity contribution in [3.05, 3.63) is 27.9 Å². The summed E-state index contributed by atoms with van der Waals surface area (Å²) in [4.78, 5) is 53.7. The molecule has 1 aliphatic rings. The molecule has 32 heavy (non-hydrogen) atoms. The van der Waals surface area contributed by atoms with Gasteiger partial charge in [-0.15, -0.1) is 0 Å². The largest absolute Gasteiger partial charge is 0.490 e. The Morgan fingerprint density at radius 1 is 1.19 bits per heavy atom. The van der Waals surface area contributed by atoms with E-state index in [2.05, 4.69) is 35.0 Å². The van der Waals surface area contributed by atoms with E-state index >= 15 is 0 Å². The standard InChI is InChI=1S/C13H19N2O14P3/c1-3-4-7-10(14-5-9(16)15-7)12-13(25-2)11(17)8(27-12)6-26-31(21,22)29-32(23,24)28-30(18,19)20/h5,8,11-13,17H,6H2,1-2H3,(H,15,16)(H,21,22)(H,23,24)(H2,18,19,20)/t8-,11?,12+,13+/m1/s1. The number of aliphatic hydroxyl groups excluding tert-OH is 1. The fraction of sp³-hybridized carbons (Fsp3) is 0.538. The van der Waals surface area contributed by atoms with E-state index < -0.39 is 60.1 Å². The molecule has 3 unspecified atom stereocenters. The van der Waals surface area contributed by atoms with Crippen LogP contribution in [0.4, 0.5) is 0 Å². The van der Waals surface area contributed by atoms with Crippen molar-refractivity contribution in [3.63, 3.8) is 0 Å². The number of aromatic amines is 1. The molecule has 0 aliphatic carbocycles. The number of H-pyrrole nitrogens is 1. The van der Waals surface area contributed by atoms with E-state index in [-0.39, 0.29) is 11.4 Å². The van der Waals surface area contributed by atoms with Crippen molar-refractivity contribution in [1.29, 1.82) is 0 Å². The second-order valence-corrected chi connectivity index (χ2v) is 10.5. The van der Waals surface area contributed by atoms with E-state index in [1.54, 1.807) is 0 Å². The fourth-order valence-electron chi connectivity index (χ4n) is 2.68. The highest BCUT2D eigenvalue weighted by Gasteiger charge is 2.48. The van der Waals surface area contributed by atoms with Gasteiger partial charge in [0.25, 0.3) is 5.56 Å². The zero-order chi connectivity index (χ0) is 24.3. The van der Waals surface area contributed by atoms with Crippen LogP contribution in [-0.4, -0.2) is 66.7 Å². The molecule has 16 nitrogen and oxygen atoms in total. The molecular formula is C13H19N2O14P3. The van der Waals surface area contributed by atoms with Crippen molar-refractivity contribution < 1.29 is 61.0 Å². The summed E-state index contributed by atoms with van der Waals surface area (Å²) in [5.41, 5.74) is -0.387. The second-order valence-electron chi connectivity index (χ2n) is 6.06. The molecule has 0 bridgehead atoms. The molecule has 1 aliphatic heterocycles. The van der Waals surface area contributed by atoms with Gasteiger partial charge in [-0.05, 0) is 12.8 Å². The number of nitrogens with one attached hydrogen (secondary N) is 1. The molecule has 19 heteroatoms. The van der Waals surface area contributed by atoms with Crippen LogP contribution in [-0.2, 0) is 36.3 Å². The number of rotatable bonds is 9. The average Bonchev–Trinajstić information content (AvgIpc) is 2.93. The normalized spacial score (nSPS) is 27.2. The molecule has 1 aromatic rings. The molecule has 0 amide bonds. The lowest BCUT2D eigenvalue weighted by Gasteiger charge is -2.19. The topological polar surface area (TPSA) is 244 Å². The molecular weight excluding hydrogens is 501 g/mol. The number of ether oxygens (including phenoxy) is 2. The van der Waals surface area contributed by atoms with Crippen molar-refractivity contribution >= 4 is 23.5 Å². The first-order valence-corrected chi connectivity index (χ1v) is 12.9. The van der Waals surface area contributed by atoms with E-state index in [9.17, 15) is 28.5 Å². The van der Waals surface area contributed by atoms with Gasteiger partial charge in [0.15, 0.2) is 0 Å². The third kappa shape index (κ3) is 7.38. The Morgan fingerprint density at radius 2 is 1.84 bits per heavy atom. The van der Waals surface area contributed by atoms with Gasteiger partial charge >= 0.3 is 23.5 Å². The monoisotopic (exact) mass is 520 g/mol. The first-order chi connectivity index (χ1) is 14.7. The highest BCUT2D eigenvalue weighted by molar-refractivity contribution is 7.66. The molecule has 1 aromatic heterocycles. The predicted molar refractivity (Wildman–Crippen MR) is 102 cm³/mol.